The lowest BCUT2D eigenvalue weighted by Gasteiger charge is -2.31. The molecule has 0 amide bonds. The summed E-state index contributed by atoms with van der Waals surface area (Å²) in [5, 5.41) is 3.59. The van der Waals surface area contributed by atoms with Crippen LogP contribution >= 0.6 is 0 Å². The van der Waals surface area contributed by atoms with Crippen LogP contribution < -0.4 is 10.2 Å². The van der Waals surface area contributed by atoms with Gasteiger partial charge >= 0.3 is 0 Å². The third kappa shape index (κ3) is 4.48. The maximum atomic E-state index is 4.81. The second-order valence-corrected chi connectivity index (χ2v) is 6.87. The van der Waals surface area contributed by atoms with Crippen LogP contribution in [0.25, 0.3) is 0 Å². The highest BCUT2D eigenvalue weighted by Crippen LogP contribution is 2.24. The molecule has 114 valence electrons. The second kappa shape index (κ2) is 6.57. The highest BCUT2D eigenvalue weighted by atomic mass is 15.2. The van der Waals surface area contributed by atoms with Crippen molar-refractivity contribution in [2.45, 2.75) is 73.5 Å². The van der Waals surface area contributed by atoms with Gasteiger partial charge in [0.15, 0.2) is 0 Å². The van der Waals surface area contributed by atoms with Crippen molar-refractivity contribution in [1.29, 1.82) is 0 Å². The zero-order valence-electron chi connectivity index (χ0n) is 14.5. The summed E-state index contributed by atoms with van der Waals surface area (Å²) in [5.74, 6) is 1.14. The molecule has 0 bridgehead atoms. The van der Waals surface area contributed by atoms with Gasteiger partial charge in [-0.15, -0.1) is 0 Å². The predicted octanol–water partition coefficient (Wildman–Crippen LogP) is 3.82. The SMILES string of the molecule is CCN(c1nc(C)cc(C)c1CNC(C)(C)C)C(C)C. The van der Waals surface area contributed by atoms with Gasteiger partial charge in [0.1, 0.15) is 5.82 Å². The van der Waals surface area contributed by atoms with Gasteiger partial charge in [0.05, 0.1) is 0 Å². The highest BCUT2D eigenvalue weighted by molar-refractivity contribution is 5.52. The molecule has 1 rings (SSSR count). The molecule has 0 saturated heterocycles. The van der Waals surface area contributed by atoms with E-state index in [1.807, 2.05) is 0 Å². The Hall–Kier alpha value is -1.09. The molecule has 0 aromatic carbocycles. The monoisotopic (exact) mass is 277 g/mol. The van der Waals surface area contributed by atoms with Crippen molar-refractivity contribution in [3.05, 3.63) is 22.9 Å². The Morgan fingerprint density at radius 1 is 1.25 bits per heavy atom. The van der Waals surface area contributed by atoms with E-state index in [1.54, 1.807) is 0 Å². The topological polar surface area (TPSA) is 28.2 Å². The molecule has 20 heavy (non-hydrogen) atoms. The van der Waals surface area contributed by atoms with Gasteiger partial charge in [-0.3, -0.25) is 0 Å². The van der Waals surface area contributed by atoms with Gasteiger partial charge in [-0.25, -0.2) is 4.98 Å². The largest absolute Gasteiger partial charge is 0.354 e. The van der Waals surface area contributed by atoms with Crippen LogP contribution in [0.3, 0.4) is 0 Å². The highest BCUT2D eigenvalue weighted by Gasteiger charge is 2.18. The molecule has 0 aliphatic carbocycles. The smallest absolute Gasteiger partial charge is 0.133 e. The Balaban J connectivity index is 3.20. The molecule has 0 aliphatic rings. The minimum Gasteiger partial charge on any atom is -0.354 e. The molecular weight excluding hydrogens is 246 g/mol. The molecule has 1 aromatic heterocycles. The van der Waals surface area contributed by atoms with E-state index in [0.29, 0.717) is 6.04 Å². The molecule has 0 spiro atoms. The number of pyridine rings is 1. The number of nitrogens with one attached hydrogen (secondary N) is 1. The van der Waals surface area contributed by atoms with Crippen molar-refractivity contribution in [3.63, 3.8) is 0 Å². The maximum Gasteiger partial charge on any atom is 0.133 e. The second-order valence-electron chi connectivity index (χ2n) is 6.87. The lowest BCUT2D eigenvalue weighted by molar-refractivity contribution is 0.423. The first-order valence-corrected chi connectivity index (χ1v) is 7.64. The van der Waals surface area contributed by atoms with E-state index in [9.17, 15) is 0 Å². The normalized spacial score (nSPS) is 12.1. The van der Waals surface area contributed by atoms with Gasteiger partial charge in [-0.1, -0.05) is 0 Å². The van der Waals surface area contributed by atoms with Crippen molar-refractivity contribution in [3.8, 4) is 0 Å². The quantitative estimate of drug-likeness (QED) is 0.887. The van der Waals surface area contributed by atoms with E-state index in [2.05, 4.69) is 71.7 Å². The number of aromatic nitrogens is 1. The van der Waals surface area contributed by atoms with E-state index in [4.69, 9.17) is 4.98 Å². The maximum absolute atomic E-state index is 4.81. The Kier molecular flexibility index (Phi) is 5.58. The van der Waals surface area contributed by atoms with Crippen LogP contribution in [0.1, 0.15) is 58.4 Å². The lowest BCUT2D eigenvalue weighted by Crippen LogP contribution is -2.37. The molecule has 3 heteroatoms. The molecule has 0 radical (unpaired) electrons. The average molecular weight is 277 g/mol. The fourth-order valence-electron chi connectivity index (χ4n) is 2.41. The van der Waals surface area contributed by atoms with Crippen LogP contribution in [0.2, 0.25) is 0 Å². The Morgan fingerprint density at radius 3 is 2.30 bits per heavy atom. The van der Waals surface area contributed by atoms with Crippen molar-refractivity contribution in [1.82, 2.24) is 10.3 Å². The minimum absolute atomic E-state index is 0.115. The summed E-state index contributed by atoms with van der Waals surface area (Å²) in [4.78, 5) is 7.19. The molecule has 0 aliphatic heterocycles. The Morgan fingerprint density at radius 2 is 1.85 bits per heavy atom. The van der Waals surface area contributed by atoms with Gasteiger partial charge in [0.25, 0.3) is 0 Å². The fourth-order valence-corrected chi connectivity index (χ4v) is 2.41. The van der Waals surface area contributed by atoms with Crippen LogP contribution in [-0.4, -0.2) is 23.1 Å². The van der Waals surface area contributed by atoms with Crippen LogP contribution in [0.5, 0.6) is 0 Å². The van der Waals surface area contributed by atoms with E-state index >= 15 is 0 Å². The fraction of sp³-hybridized carbons (Fsp3) is 0.706. The number of anilines is 1. The summed E-state index contributed by atoms with van der Waals surface area (Å²) in [5.41, 5.74) is 3.85. The average Bonchev–Trinajstić information content (AvgIpc) is 2.26. The third-order valence-corrected chi connectivity index (χ3v) is 3.49. The summed E-state index contributed by atoms with van der Waals surface area (Å²) in [6.07, 6.45) is 0. The predicted molar refractivity (Wildman–Crippen MR) is 88.5 cm³/mol. The molecule has 0 fully saturated rings. The summed E-state index contributed by atoms with van der Waals surface area (Å²) >= 11 is 0. The molecule has 1 N–H and O–H groups in total. The first-order chi connectivity index (χ1) is 9.15. The lowest BCUT2D eigenvalue weighted by atomic mass is 10.0. The third-order valence-electron chi connectivity index (χ3n) is 3.49. The van der Waals surface area contributed by atoms with Gasteiger partial charge in [0.2, 0.25) is 0 Å². The molecule has 0 unspecified atom stereocenters. The summed E-state index contributed by atoms with van der Waals surface area (Å²) in [6, 6.07) is 2.64. The molecule has 0 atom stereocenters. The molecule has 1 heterocycles. The first-order valence-electron chi connectivity index (χ1n) is 7.64. The van der Waals surface area contributed by atoms with Gasteiger partial charge in [-0.05, 0) is 67.0 Å². The van der Waals surface area contributed by atoms with Crippen molar-refractivity contribution in [2.24, 2.45) is 0 Å². The van der Waals surface area contributed by atoms with E-state index in [0.717, 1.165) is 24.6 Å². The van der Waals surface area contributed by atoms with Crippen LogP contribution in [0, 0.1) is 13.8 Å². The number of rotatable bonds is 5. The van der Waals surface area contributed by atoms with E-state index in [1.165, 1.54) is 11.1 Å². The Labute approximate surface area is 124 Å². The first kappa shape index (κ1) is 17.0. The van der Waals surface area contributed by atoms with Gasteiger partial charge in [0, 0.05) is 35.9 Å². The van der Waals surface area contributed by atoms with Gasteiger partial charge in [-0.2, -0.15) is 0 Å². The Bertz CT molecular complexity index is 444. The van der Waals surface area contributed by atoms with Crippen LogP contribution in [-0.2, 0) is 6.54 Å². The molecule has 0 saturated carbocycles. The summed E-state index contributed by atoms with van der Waals surface area (Å²) in [7, 11) is 0. The van der Waals surface area contributed by atoms with E-state index in [-0.39, 0.29) is 5.54 Å². The molecule has 3 nitrogen and oxygen atoms in total. The summed E-state index contributed by atoms with van der Waals surface area (Å²) < 4.78 is 0. The van der Waals surface area contributed by atoms with Gasteiger partial charge < -0.3 is 10.2 Å². The van der Waals surface area contributed by atoms with Crippen LogP contribution in [0.4, 0.5) is 5.82 Å². The zero-order chi connectivity index (χ0) is 15.5. The van der Waals surface area contributed by atoms with E-state index < -0.39 is 0 Å². The van der Waals surface area contributed by atoms with Crippen LogP contribution in [0.15, 0.2) is 6.07 Å². The summed E-state index contributed by atoms with van der Waals surface area (Å²) in [6.45, 7) is 19.3. The van der Waals surface area contributed by atoms with Crippen molar-refractivity contribution >= 4 is 5.82 Å². The number of hydrogen-bond acceptors (Lipinski definition) is 3. The molecular formula is C17H31N3. The standard InChI is InChI=1S/C17H31N3/c1-9-20(12(2)3)16-15(11-18-17(6,7)8)13(4)10-14(5)19-16/h10,12,18H,9,11H2,1-8H3. The zero-order valence-corrected chi connectivity index (χ0v) is 14.5. The number of hydrogen-bond donors (Lipinski definition) is 1. The minimum atomic E-state index is 0.115. The molecule has 1 aromatic rings. The van der Waals surface area contributed by atoms with Crippen molar-refractivity contribution < 1.29 is 0 Å². The number of nitrogens with zero attached hydrogens (tertiary/aromatic N) is 2. The van der Waals surface area contributed by atoms with Crippen molar-refractivity contribution in [2.75, 3.05) is 11.4 Å². The number of aryl methyl sites for hydroxylation is 2.